The molecule has 0 amide bonds. The fourth-order valence-electron chi connectivity index (χ4n) is 1.55. The lowest BCUT2D eigenvalue weighted by atomic mass is 10.2. The molecule has 0 bridgehead atoms. The third-order valence-corrected chi connectivity index (χ3v) is 2.63. The van der Waals surface area contributed by atoms with E-state index in [-0.39, 0.29) is 23.9 Å². The van der Waals surface area contributed by atoms with Crippen LogP contribution in [-0.2, 0) is 16.2 Å². The van der Waals surface area contributed by atoms with E-state index in [4.69, 9.17) is 10.8 Å². The average molecular weight is 282 g/mol. The number of nitrogens with two attached hydrogens (primary N) is 1. The van der Waals surface area contributed by atoms with Crippen LogP contribution in [0.1, 0.15) is 35.6 Å². The normalized spacial score (nSPS) is 11.8. The molecular formula is C12H18N4O4. The first-order valence-electron chi connectivity index (χ1n) is 6.04. The molecule has 3 N–H and O–H groups in total. The number of carbonyl (C=O) groups excluding carboxylic acids is 1. The topological polar surface area (TPSA) is 120 Å². The van der Waals surface area contributed by atoms with Gasteiger partial charge >= 0.3 is 11.9 Å². The first-order chi connectivity index (χ1) is 9.23. The number of hydrogen-bond donors (Lipinski definition) is 2. The van der Waals surface area contributed by atoms with E-state index in [0.717, 1.165) is 0 Å². The first-order valence-corrected chi connectivity index (χ1v) is 6.04. The highest BCUT2D eigenvalue weighted by Gasteiger charge is 2.18. The van der Waals surface area contributed by atoms with E-state index in [1.165, 1.54) is 4.68 Å². The maximum atomic E-state index is 11.2. The quantitative estimate of drug-likeness (QED) is 0.354. The molecule has 8 heteroatoms. The highest BCUT2D eigenvalue weighted by molar-refractivity contribution is 5.90. The van der Waals surface area contributed by atoms with Crippen molar-refractivity contribution in [2.45, 2.75) is 34.2 Å². The number of aryl methyl sites for hydroxylation is 1. The van der Waals surface area contributed by atoms with Crippen molar-refractivity contribution in [2.75, 3.05) is 0 Å². The minimum absolute atomic E-state index is 0.0292. The van der Waals surface area contributed by atoms with E-state index in [1.54, 1.807) is 27.7 Å². The van der Waals surface area contributed by atoms with E-state index in [1.807, 2.05) is 0 Å². The highest BCUT2D eigenvalue weighted by atomic mass is 16.7. The van der Waals surface area contributed by atoms with Crippen LogP contribution in [0.3, 0.4) is 0 Å². The van der Waals surface area contributed by atoms with Crippen LogP contribution < -0.4 is 5.73 Å². The third kappa shape index (κ3) is 3.56. The number of amidine groups is 1. The van der Waals surface area contributed by atoms with Gasteiger partial charge in [-0.05, 0) is 13.8 Å². The molecule has 8 nitrogen and oxygen atoms in total. The van der Waals surface area contributed by atoms with E-state index >= 15 is 0 Å². The molecule has 0 aliphatic carbocycles. The van der Waals surface area contributed by atoms with Crippen LogP contribution >= 0.6 is 0 Å². The molecule has 1 aromatic heterocycles. The van der Waals surface area contributed by atoms with E-state index in [0.29, 0.717) is 11.4 Å². The molecule has 0 spiro atoms. The Morgan fingerprint density at radius 2 is 2.05 bits per heavy atom. The van der Waals surface area contributed by atoms with Gasteiger partial charge in [-0.15, -0.1) is 0 Å². The van der Waals surface area contributed by atoms with Crippen molar-refractivity contribution < 1.29 is 19.5 Å². The van der Waals surface area contributed by atoms with Gasteiger partial charge in [-0.25, -0.2) is 9.59 Å². The molecule has 0 unspecified atom stereocenters. The average Bonchev–Trinajstić information content (AvgIpc) is 2.61. The molecular weight excluding hydrogens is 264 g/mol. The van der Waals surface area contributed by atoms with Crippen molar-refractivity contribution in [1.82, 2.24) is 9.78 Å². The molecule has 1 heterocycles. The van der Waals surface area contributed by atoms with Crippen molar-refractivity contribution >= 4 is 17.8 Å². The monoisotopic (exact) mass is 282 g/mol. The number of rotatable bonds is 5. The number of carboxylic acid groups (broad SMARTS) is 1. The van der Waals surface area contributed by atoms with Crippen LogP contribution in [0.25, 0.3) is 0 Å². The molecule has 0 radical (unpaired) electrons. The molecule has 1 aromatic rings. The van der Waals surface area contributed by atoms with E-state index < -0.39 is 11.9 Å². The van der Waals surface area contributed by atoms with E-state index in [2.05, 4.69) is 15.1 Å². The summed E-state index contributed by atoms with van der Waals surface area (Å²) in [5.74, 6) is -1.82. The van der Waals surface area contributed by atoms with Crippen molar-refractivity contribution in [2.24, 2.45) is 16.8 Å². The summed E-state index contributed by atoms with van der Waals surface area (Å²) in [4.78, 5) is 26.9. The van der Waals surface area contributed by atoms with Crippen LogP contribution in [0.15, 0.2) is 5.16 Å². The maximum absolute atomic E-state index is 11.2. The summed E-state index contributed by atoms with van der Waals surface area (Å²) >= 11 is 0. The Balaban J connectivity index is 2.84. The minimum atomic E-state index is -1.05. The standard InChI is InChI=1S/C12H18N4O4/c1-6(2)12(19)20-15-9(13)5-16-8(4)10(11(17)18)7(3)14-16/h6H,5H2,1-4H3,(H2,13,15)(H,17,18). The van der Waals surface area contributed by atoms with Gasteiger partial charge in [0, 0.05) is 0 Å². The second-order valence-electron chi connectivity index (χ2n) is 4.66. The number of carbonyl (C=O) groups is 2. The first kappa shape index (κ1) is 15.7. The number of aromatic nitrogens is 2. The van der Waals surface area contributed by atoms with Gasteiger partial charge in [-0.3, -0.25) is 4.68 Å². The van der Waals surface area contributed by atoms with Gasteiger partial charge in [0.25, 0.3) is 0 Å². The Bertz CT molecular complexity index is 560. The molecule has 110 valence electrons. The maximum Gasteiger partial charge on any atom is 0.339 e. The van der Waals surface area contributed by atoms with Crippen LogP contribution in [0, 0.1) is 19.8 Å². The molecule has 0 aromatic carbocycles. The largest absolute Gasteiger partial charge is 0.478 e. The summed E-state index contributed by atoms with van der Waals surface area (Å²) in [7, 11) is 0. The Labute approximate surface area is 116 Å². The summed E-state index contributed by atoms with van der Waals surface area (Å²) in [5, 5.41) is 16.6. The Hall–Kier alpha value is -2.38. The number of oxime groups is 1. The lowest BCUT2D eigenvalue weighted by Gasteiger charge is -2.05. The second kappa shape index (κ2) is 6.18. The predicted molar refractivity (Wildman–Crippen MR) is 71.2 cm³/mol. The zero-order chi connectivity index (χ0) is 15.4. The van der Waals surface area contributed by atoms with Gasteiger partial charge in [0.15, 0.2) is 5.84 Å². The molecule has 20 heavy (non-hydrogen) atoms. The fraction of sp³-hybridized carbons (Fsp3) is 0.500. The fourth-order valence-corrected chi connectivity index (χ4v) is 1.55. The van der Waals surface area contributed by atoms with Gasteiger partial charge in [-0.2, -0.15) is 5.10 Å². The molecule has 1 rings (SSSR count). The Kier molecular flexibility index (Phi) is 4.84. The summed E-state index contributed by atoms with van der Waals surface area (Å²) in [6.45, 7) is 6.61. The summed E-state index contributed by atoms with van der Waals surface area (Å²) in [6.07, 6.45) is 0. The van der Waals surface area contributed by atoms with Crippen LogP contribution in [0.4, 0.5) is 0 Å². The van der Waals surface area contributed by atoms with Gasteiger partial charge in [0.2, 0.25) is 0 Å². The van der Waals surface area contributed by atoms with Crippen LogP contribution in [0.2, 0.25) is 0 Å². The lowest BCUT2D eigenvalue weighted by Crippen LogP contribution is -2.23. The zero-order valence-electron chi connectivity index (χ0n) is 11.9. The SMILES string of the molecule is Cc1nn(C/C(N)=N/OC(=O)C(C)C)c(C)c1C(=O)O. The Morgan fingerprint density at radius 3 is 2.50 bits per heavy atom. The van der Waals surface area contributed by atoms with Crippen LogP contribution in [-0.4, -0.2) is 32.7 Å². The summed E-state index contributed by atoms with van der Waals surface area (Å²) in [6, 6.07) is 0. The molecule has 0 saturated carbocycles. The van der Waals surface area contributed by atoms with Gasteiger partial charge in [0.1, 0.15) is 12.1 Å². The smallest absolute Gasteiger partial charge is 0.339 e. The number of hydrogen-bond acceptors (Lipinski definition) is 5. The van der Waals surface area contributed by atoms with Crippen molar-refractivity contribution in [3.63, 3.8) is 0 Å². The number of aromatic carboxylic acids is 1. The van der Waals surface area contributed by atoms with E-state index in [9.17, 15) is 9.59 Å². The van der Waals surface area contributed by atoms with Gasteiger partial charge in [0.05, 0.1) is 17.3 Å². The molecule has 0 fully saturated rings. The zero-order valence-corrected chi connectivity index (χ0v) is 11.9. The van der Waals surface area contributed by atoms with Crippen molar-refractivity contribution in [1.29, 1.82) is 0 Å². The third-order valence-electron chi connectivity index (χ3n) is 2.63. The number of nitrogens with zero attached hydrogens (tertiary/aromatic N) is 3. The second-order valence-corrected chi connectivity index (χ2v) is 4.66. The van der Waals surface area contributed by atoms with Crippen molar-refractivity contribution in [3.05, 3.63) is 17.0 Å². The van der Waals surface area contributed by atoms with Crippen LogP contribution in [0.5, 0.6) is 0 Å². The minimum Gasteiger partial charge on any atom is -0.478 e. The Morgan fingerprint density at radius 1 is 1.45 bits per heavy atom. The molecule has 0 aliphatic rings. The molecule has 0 saturated heterocycles. The number of carboxylic acids is 1. The van der Waals surface area contributed by atoms with Gasteiger partial charge in [-0.1, -0.05) is 19.0 Å². The summed E-state index contributed by atoms with van der Waals surface area (Å²) < 4.78 is 1.40. The molecule has 0 atom stereocenters. The highest BCUT2D eigenvalue weighted by Crippen LogP contribution is 2.12. The van der Waals surface area contributed by atoms with Crippen molar-refractivity contribution in [3.8, 4) is 0 Å². The molecule has 0 aliphatic heterocycles. The predicted octanol–water partition coefficient (Wildman–Crippen LogP) is 0.670. The lowest BCUT2D eigenvalue weighted by molar-refractivity contribution is -0.147. The van der Waals surface area contributed by atoms with Gasteiger partial charge < -0.3 is 15.7 Å². The summed E-state index contributed by atoms with van der Waals surface area (Å²) in [5.41, 5.74) is 6.61.